The Hall–Kier alpha value is -1.92. The third kappa shape index (κ3) is 2.80. The Morgan fingerprint density at radius 1 is 1.21 bits per heavy atom. The number of aryl methyl sites for hydroxylation is 2. The molecule has 0 amide bonds. The van der Waals surface area contributed by atoms with Crippen molar-refractivity contribution in [1.82, 2.24) is 19.6 Å². The highest BCUT2D eigenvalue weighted by Crippen LogP contribution is 2.28. The molecule has 6 heteroatoms. The van der Waals surface area contributed by atoms with Gasteiger partial charge in [0.15, 0.2) is 10.8 Å². The molecular formula is C18H18N4S2. The smallest absolute Gasteiger partial charge is 0.196 e. The van der Waals surface area contributed by atoms with Crippen LogP contribution in [0.2, 0.25) is 0 Å². The topological polar surface area (TPSA) is 43.1 Å². The lowest BCUT2D eigenvalue weighted by Gasteiger charge is -2.06. The fourth-order valence-corrected chi connectivity index (χ4v) is 4.70. The zero-order valence-corrected chi connectivity index (χ0v) is 15.3. The standard InChI is InChI=1S/C18H18N4S2/c1-3-6-17-19-13(10-23-17)11-24-18-21-20-16-9-12(2)14-7-4-5-8-15(14)22(16)18/h4-5,7-10H,3,6,11H2,1-2H3. The molecule has 0 spiro atoms. The van der Waals surface area contributed by atoms with Crippen molar-refractivity contribution in [3.63, 3.8) is 0 Å². The number of para-hydroxylation sites is 1. The average molecular weight is 355 g/mol. The molecule has 0 saturated carbocycles. The van der Waals surface area contributed by atoms with E-state index in [2.05, 4.69) is 64.2 Å². The average Bonchev–Trinajstić information content (AvgIpc) is 3.20. The minimum Gasteiger partial charge on any atom is -0.270 e. The van der Waals surface area contributed by atoms with Crippen molar-refractivity contribution in [2.45, 2.75) is 37.6 Å². The normalized spacial score (nSPS) is 11.6. The van der Waals surface area contributed by atoms with Crippen LogP contribution in [0.15, 0.2) is 40.9 Å². The molecule has 0 aliphatic carbocycles. The molecular weight excluding hydrogens is 336 g/mol. The van der Waals surface area contributed by atoms with Gasteiger partial charge in [-0.15, -0.1) is 21.5 Å². The van der Waals surface area contributed by atoms with Gasteiger partial charge in [-0.1, -0.05) is 36.9 Å². The highest BCUT2D eigenvalue weighted by atomic mass is 32.2. The minimum absolute atomic E-state index is 0.823. The van der Waals surface area contributed by atoms with Gasteiger partial charge in [-0.2, -0.15) is 0 Å². The first-order valence-corrected chi connectivity index (χ1v) is 9.92. The Morgan fingerprint density at radius 2 is 2.08 bits per heavy atom. The molecule has 0 atom stereocenters. The fraction of sp³-hybridized carbons (Fsp3) is 0.278. The summed E-state index contributed by atoms with van der Waals surface area (Å²) in [5, 5.41) is 14.3. The molecule has 0 aliphatic heterocycles. The summed E-state index contributed by atoms with van der Waals surface area (Å²) < 4.78 is 2.15. The molecule has 24 heavy (non-hydrogen) atoms. The van der Waals surface area contributed by atoms with E-state index in [1.54, 1.807) is 23.1 Å². The van der Waals surface area contributed by atoms with Crippen LogP contribution in [0.3, 0.4) is 0 Å². The molecule has 4 nitrogen and oxygen atoms in total. The quantitative estimate of drug-likeness (QED) is 0.479. The van der Waals surface area contributed by atoms with Gasteiger partial charge < -0.3 is 0 Å². The Kier molecular flexibility index (Phi) is 4.24. The first-order chi connectivity index (χ1) is 11.8. The van der Waals surface area contributed by atoms with Crippen LogP contribution in [0.5, 0.6) is 0 Å². The fourth-order valence-electron chi connectivity index (χ4n) is 2.85. The molecule has 0 saturated heterocycles. The number of fused-ring (bicyclic) bond motifs is 3. The molecule has 1 aromatic carbocycles. The molecule has 0 aliphatic rings. The van der Waals surface area contributed by atoms with Gasteiger partial charge in [-0.3, -0.25) is 4.40 Å². The van der Waals surface area contributed by atoms with Gasteiger partial charge in [-0.05, 0) is 37.5 Å². The van der Waals surface area contributed by atoms with E-state index in [9.17, 15) is 0 Å². The number of thiazole rings is 1. The minimum atomic E-state index is 0.823. The van der Waals surface area contributed by atoms with E-state index < -0.39 is 0 Å². The van der Waals surface area contributed by atoms with Crippen molar-refractivity contribution in [1.29, 1.82) is 0 Å². The number of aromatic nitrogens is 4. The van der Waals surface area contributed by atoms with Crippen LogP contribution in [0.25, 0.3) is 16.6 Å². The van der Waals surface area contributed by atoms with Crippen LogP contribution in [-0.2, 0) is 12.2 Å². The van der Waals surface area contributed by atoms with Crippen LogP contribution in [0.1, 0.15) is 29.6 Å². The van der Waals surface area contributed by atoms with E-state index in [0.717, 1.165) is 40.6 Å². The number of pyridine rings is 1. The third-order valence-electron chi connectivity index (χ3n) is 3.99. The lowest BCUT2D eigenvalue weighted by Crippen LogP contribution is -1.93. The molecule has 0 radical (unpaired) electrons. The highest BCUT2D eigenvalue weighted by Gasteiger charge is 2.12. The largest absolute Gasteiger partial charge is 0.270 e. The zero-order valence-electron chi connectivity index (χ0n) is 13.7. The molecule has 122 valence electrons. The van der Waals surface area contributed by atoms with Gasteiger partial charge in [0, 0.05) is 16.5 Å². The van der Waals surface area contributed by atoms with E-state index in [-0.39, 0.29) is 0 Å². The Bertz CT molecular complexity index is 1000. The Morgan fingerprint density at radius 3 is 2.96 bits per heavy atom. The molecule has 0 unspecified atom stereocenters. The van der Waals surface area contributed by atoms with Crippen molar-refractivity contribution in [2.24, 2.45) is 0 Å². The number of thioether (sulfide) groups is 1. The predicted molar refractivity (Wildman–Crippen MR) is 101 cm³/mol. The molecule has 3 heterocycles. The van der Waals surface area contributed by atoms with Crippen LogP contribution < -0.4 is 0 Å². The van der Waals surface area contributed by atoms with Gasteiger partial charge in [0.2, 0.25) is 0 Å². The van der Waals surface area contributed by atoms with Crippen molar-refractivity contribution in [2.75, 3.05) is 0 Å². The van der Waals surface area contributed by atoms with Crippen molar-refractivity contribution in [3.05, 3.63) is 52.0 Å². The van der Waals surface area contributed by atoms with Gasteiger partial charge in [0.05, 0.1) is 16.2 Å². The first kappa shape index (κ1) is 15.6. The third-order valence-corrected chi connectivity index (χ3v) is 5.91. The summed E-state index contributed by atoms with van der Waals surface area (Å²) >= 11 is 3.45. The lowest BCUT2D eigenvalue weighted by atomic mass is 10.1. The summed E-state index contributed by atoms with van der Waals surface area (Å²) in [6.07, 6.45) is 2.20. The number of hydrogen-bond donors (Lipinski definition) is 0. The van der Waals surface area contributed by atoms with Crippen LogP contribution >= 0.6 is 23.1 Å². The van der Waals surface area contributed by atoms with E-state index in [1.807, 2.05) is 0 Å². The lowest BCUT2D eigenvalue weighted by molar-refractivity contribution is 0.901. The second-order valence-corrected chi connectivity index (χ2v) is 7.68. The van der Waals surface area contributed by atoms with Gasteiger partial charge in [-0.25, -0.2) is 4.98 Å². The maximum absolute atomic E-state index is 4.70. The summed E-state index contributed by atoms with van der Waals surface area (Å²) in [4.78, 5) is 4.70. The van der Waals surface area contributed by atoms with E-state index in [0.29, 0.717) is 0 Å². The first-order valence-electron chi connectivity index (χ1n) is 8.06. The zero-order chi connectivity index (χ0) is 16.5. The van der Waals surface area contributed by atoms with Crippen molar-refractivity contribution in [3.8, 4) is 0 Å². The summed E-state index contributed by atoms with van der Waals surface area (Å²) in [7, 11) is 0. The second kappa shape index (κ2) is 6.53. The van der Waals surface area contributed by atoms with Crippen molar-refractivity contribution < 1.29 is 0 Å². The summed E-state index contributed by atoms with van der Waals surface area (Å²) in [6.45, 7) is 4.31. The molecule has 4 rings (SSSR count). The molecule has 0 bridgehead atoms. The summed E-state index contributed by atoms with van der Waals surface area (Å²) in [6, 6.07) is 10.5. The molecule has 0 fully saturated rings. The maximum Gasteiger partial charge on any atom is 0.196 e. The number of hydrogen-bond acceptors (Lipinski definition) is 5. The molecule has 3 aromatic heterocycles. The highest BCUT2D eigenvalue weighted by molar-refractivity contribution is 7.98. The van der Waals surface area contributed by atoms with Gasteiger partial charge in [0.1, 0.15) is 0 Å². The number of nitrogens with zero attached hydrogens (tertiary/aromatic N) is 4. The van der Waals surface area contributed by atoms with E-state index in [4.69, 9.17) is 4.98 Å². The number of rotatable bonds is 5. The summed E-state index contributed by atoms with van der Waals surface area (Å²) in [5.41, 5.74) is 4.41. The van der Waals surface area contributed by atoms with Crippen LogP contribution in [-0.4, -0.2) is 19.6 Å². The predicted octanol–water partition coefficient (Wildman–Crippen LogP) is 4.89. The summed E-state index contributed by atoms with van der Waals surface area (Å²) in [5.74, 6) is 0.823. The Balaban J connectivity index is 1.68. The molecule has 4 aromatic rings. The maximum atomic E-state index is 4.70. The SMILES string of the molecule is CCCc1nc(CSc2nnc3cc(C)c4ccccc4n23)cs1. The van der Waals surface area contributed by atoms with Crippen molar-refractivity contribution >= 4 is 39.6 Å². The van der Waals surface area contributed by atoms with E-state index in [1.165, 1.54) is 16.0 Å². The number of benzene rings is 1. The second-order valence-electron chi connectivity index (χ2n) is 5.79. The monoisotopic (exact) mass is 354 g/mol. The van der Waals surface area contributed by atoms with Gasteiger partial charge in [0.25, 0.3) is 0 Å². The van der Waals surface area contributed by atoms with E-state index >= 15 is 0 Å². The van der Waals surface area contributed by atoms with Crippen LogP contribution in [0.4, 0.5) is 0 Å². The Labute approximate surface area is 149 Å². The van der Waals surface area contributed by atoms with Gasteiger partial charge >= 0.3 is 0 Å². The molecule has 0 N–H and O–H groups in total. The van der Waals surface area contributed by atoms with Crippen LogP contribution in [0, 0.1) is 6.92 Å².